The van der Waals surface area contributed by atoms with Gasteiger partial charge in [-0.1, -0.05) is 29.9 Å². The zero-order valence-electron chi connectivity index (χ0n) is 17.3. The topological polar surface area (TPSA) is 96.5 Å². The van der Waals surface area contributed by atoms with Crippen molar-refractivity contribution in [3.05, 3.63) is 102 Å². The van der Waals surface area contributed by atoms with Crippen LogP contribution < -0.4 is 26.7 Å². The number of rotatable bonds is 7. The second-order valence-electron chi connectivity index (χ2n) is 7.76. The minimum atomic E-state index is -0.833. The van der Waals surface area contributed by atoms with Gasteiger partial charge in [0.25, 0.3) is 0 Å². The molecule has 0 aromatic heterocycles. The van der Waals surface area contributed by atoms with Gasteiger partial charge in [0, 0.05) is 17.8 Å². The molecule has 0 amide bonds. The third kappa shape index (κ3) is 5.68. The molecule has 31 heavy (non-hydrogen) atoms. The van der Waals surface area contributed by atoms with Crippen molar-refractivity contribution >= 4 is 11.4 Å². The van der Waals surface area contributed by atoms with E-state index in [9.17, 15) is 0 Å². The largest absolute Gasteiger partial charge is 0.469 e. The van der Waals surface area contributed by atoms with Gasteiger partial charge in [0.2, 0.25) is 0 Å². The first kappa shape index (κ1) is 20.6. The van der Waals surface area contributed by atoms with Crippen molar-refractivity contribution in [1.29, 1.82) is 0 Å². The number of benzene rings is 3. The summed E-state index contributed by atoms with van der Waals surface area (Å²) >= 11 is 0. The first-order chi connectivity index (χ1) is 15.0. The predicted molar refractivity (Wildman–Crippen MR) is 126 cm³/mol. The molecule has 0 saturated heterocycles. The van der Waals surface area contributed by atoms with E-state index in [1.807, 2.05) is 54.6 Å². The Balaban J connectivity index is 1.28. The lowest BCUT2D eigenvalue weighted by molar-refractivity contribution is 0.129. The Labute approximate surface area is 182 Å². The van der Waals surface area contributed by atoms with Crippen molar-refractivity contribution in [3.8, 4) is 17.2 Å². The number of aryl methyl sites for hydroxylation is 1. The molecule has 0 fully saturated rings. The summed E-state index contributed by atoms with van der Waals surface area (Å²) in [6.07, 6.45) is 8.64. The van der Waals surface area contributed by atoms with E-state index in [4.69, 9.17) is 26.7 Å². The van der Waals surface area contributed by atoms with E-state index in [-0.39, 0.29) is 0 Å². The molecule has 3 aromatic rings. The number of allylic oxidation sites excluding steroid dienone is 2. The highest BCUT2D eigenvalue weighted by Gasteiger charge is 2.25. The van der Waals surface area contributed by atoms with Crippen LogP contribution in [-0.2, 0) is 6.42 Å². The van der Waals surface area contributed by atoms with Crippen molar-refractivity contribution in [1.82, 2.24) is 0 Å². The fraction of sp³-hybridized carbons (Fsp3) is 0.154. The van der Waals surface area contributed by atoms with Gasteiger partial charge in [-0.05, 0) is 85.1 Å². The third-order valence-electron chi connectivity index (χ3n) is 5.19. The summed E-state index contributed by atoms with van der Waals surface area (Å²) in [6.45, 7) is 0. The van der Waals surface area contributed by atoms with Crippen LogP contribution in [0.5, 0.6) is 17.2 Å². The van der Waals surface area contributed by atoms with Gasteiger partial charge < -0.3 is 20.9 Å². The molecule has 0 saturated carbocycles. The average molecular weight is 414 g/mol. The Bertz CT molecular complexity index is 1070. The van der Waals surface area contributed by atoms with E-state index in [0.29, 0.717) is 17.9 Å². The molecule has 5 heteroatoms. The number of ether oxygens (including phenoxy) is 2. The summed E-state index contributed by atoms with van der Waals surface area (Å²) in [7, 11) is 0. The van der Waals surface area contributed by atoms with E-state index < -0.39 is 5.72 Å². The van der Waals surface area contributed by atoms with Crippen molar-refractivity contribution in [2.24, 2.45) is 5.73 Å². The fourth-order valence-corrected chi connectivity index (χ4v) is 3.38. The summed E-state index contributed by atoms with van der Waals surface area (Å²) in [5.41, 5.74) is 20.9. The maximum absolute atomic E-state index is 6.38. The van der Waals surface area contributed by atoms with E-state index in [0.717, 1.165) is 30.0 Å². The highest BCUT2D eigenvalue weighted by atomic mass is 16.5. The maximum Gasteiger partial charge on any atom is 0.181 e. The second kappa shape index (κ2) is 8.98. The number of nitrogens with two attached hydrogens (primary N) is 3. The number of nitrogen functional groups attached to an aromatic ring is 2. The van der Waals surface area contributed by atoms with Crippen molar-refractivity contribution in [2.75, 3.05) is 11.5 Å². The highest BCUT2D eigenvalue weighted by Crippen LogP contribution is 2.27. The molecular weight excluding hydrogens is 386 g/mol. The first-order valence-electron chi connectivity index (χ1n) is 10.3. The number of hydrogen-bond acceptors (Lipinski definition) is 5. The Morgan fingerprint density at radius 2 is 1.26 bits per heavy atom. The molecule has 1 aliphatic carbocycles. The minimum Gasteiger partial charge on any atom is -0.469 e. The van der Waals surface area contributed by atoms with E-state index in [2.05, 4.69) is 24.3 Å². The average Bonchev–Trinajstić information content (AvgIpc) is 2.78. The van der Waals surface area contributed by atoms with Crippen LogP contribution in [0.3, 0.4) is 0 Å². The normalized spacial score (nSPS) is 17.8. The maximum atomic E-state index is 6.38. The zero-order chi connectivity index (χ0) is 21.7. The van der Waals surface area contributed by atoms with Gasteiger partial charge >= 0.3 is 0 Å². The molecule has 0 aliphatic heterocycles. The van der Waals surface area contributed by atoms with Crippen LogP contribution in [-0.4, -0.2) is 5.72 Å². The van der Waals surface area contributed by atoms with Crippen molar-refractivity contribution in [2.45, 2.75) is 25.0 Å². The molecule has 5 nitrogen and oxygen atoms in total. The van der Waals surface area contributed by atoms with Crippen LogP contribution in [0.4, 0.5) is 11.4 Å². The highest BCUT2D eigenvalue weighted by molar-refractivity contribution is 5.44. The van der Waals surface area contributed by atoms with Crippen LogP contribution in [0, 0.1) is 0 Å². The van der Waals surface area contributed by atoms with E-state index >= 15 is 0 Å². The SMILES string of the molecule is Nc1ccc(Oc2ccc(CCC3=CCC(N)(Oc4ccc(N)cc4)C=C3)cc2)cc1. The van der Waals surface area contributed by atoms with Gasteiger partial charge in [0.15, 0.2) is 5.72 Å². The summed E-state index contributed by atoms with van der Waals surface area (Å²) < 4.78 is 11.8. The fourth-order valence-electron chi connectivity index (χ4n) is 3.38. The minimum absolute atomic E-state index is 0.623. The van der Waals surface area contributed by atoms with Gasteiger partial charge in [0.1, 0.15) is 17.2 Å². The molecule has 0 bridgehead atoms. The summed E-state index contributed by atoms with van der Waals surface area (Å²) in [6, 6.07) is 22.8. The van der Waals surface area contributed by atoms with E-state index in [1.165, 1.54) is 11.1 Å². The van der Waals surface area contributed by atoms with Crippen LogP contribution in [0.1, 0.15) is 18.4 Å². The molecule has 1 atom stereocenters. The Morgan fingerprint density at radius 3 is 1.81 bits per heavy atom. The predicted octanol–water partition coefficient (Wildman–Crippen LogP) is 5.20. The molecular formula is C26H27N3O2. The lowest BCUT2D eigenvalue weighted by Crippen LogP contribution is -2.44. The molecule has 0 radical (unpaired) electrons. The Hall–Kier alpha value is -3.70. The first-order valence-corrected chi connectivity index (χ1v) is 10.3. The summed E-state index contributed by atoms with van der Waals surface area (Å²) in [4.78, 5) is 0. The Kier molecular flexibility index (Phi) is 5.96. The summed E-state index contributed by atoms with van der Waals surface area (Å²) in [5.74, 6) is 2.28. The third-order valence-corrected chi connectivity index (χ3v) is 5.19. The zero-order valence-corrected chi connectivity index (χ0v) is 17.3. The van der Waals surface area contributed by atoms with Crippen LogP contribution in [0.2, 0.25) is 0 Å². The van der Waals surface area contributed by atoms with Gasteiger partial charge in [0.05, 0.1) is 0 Å². The van der Waals surface area contributed by atoms with Crippen LogP contribution >= 0.6 is 0 Å². The van der Waals surface area contributed by atoms with E-state index in [1.54, 1.807) is 12.1 Å². The standard InChI is InChI=1S/C26H27N3O2/c27-21-5-11-24(12-6-21)30-23-9-3-19(4-10-23)1-2-20-15-17-26(29,18-16-20)31-25-13-7-22(28)8-14-25/h3-17H,1-2,18,27-29H2. The van der Waals surface area contributed by atoms with Gasteiger partial charge in [-0.2, -0.15) is 0 Å². The molecule has 6 N–H and O–H groups in total. The monoisotopic (exact) mass is 413 g/mol. The summed E-state index contributed by atoms with van der Waals surface area (Å²) in [5, 5.41) is 0. The molecule has 0 heterocycles. The molecule has 1 unspecified atom stereocenters. The lowest BCUT2D eigenvalue weighted by Gasteiger charge is -2.29. The van der Waals surface area contributed by atoms with Gasteiger partial charge in [-0.15, -0.1) is 0 Å². The van der Waals surface area contributed by atoms with Gasteiger partial charge in [-0.25, -0.2) is 0 Å². The number of anilines is 2. The lowest BCUT2D eigenvalue weighted by atomic mass is 9.95. The molecule has 3 aromatic carbocycles. The van der Waals surface area contributed by atoms with Crippen LogP contribution in [0.25, 0.3) is 0 Å². The van der Waals surface area contributed by atoms with Gasteiger partial charge in [-0.3, -0.25) is 5.73 Å². The smallest absolute Gasteiger partial charge is 0.181 e. The van der Waals surface area contributed by atoms with Crippen LogP contribution in [0.15, 0.2) is 96.6 Å². The molecule has 0 spiro atoms. The Morgan fingerprint density at radius 1 is 0.710 bits per heavy atom. The quantitative estimate of drug-likeness (QED) is 0.366. The molecule has 4 rings (SSSR count). The second-order valence-corrected chi connectivity index (χ2v) is 7.76. The van der Waals surface area contributed by atoms with Crippen molar-refractivity contribution in [3.63, 3.8) is 0 Å². The number of hydrogen-bond donors (Lipinski definition) is 3. The molecule has 1 aliphatic rings. The van der Waals surface area contributed by atoms with Crippen molar-refractivity contribution < 1.29 is 9.47 Å². The molecule has 158 valence electrons.